The van der Waals surface area contributed by atoms with E-state index in [-0.39, 0.29) is 12.6 Å². The van der Waals surface area contributed by atoms with Crippen molar-refractivity contribution in [2.45, 2.75) is 36.4 Å². The van der Waals surface area contributed by atoms with Crippen LogP contribution in [-0.4, -0.2) is 45.4 Å². The van der Waals surface area contributed by atoms with Crippen LogP contribution in [0, 0.1) is 0 Å². The first-order chi connectivity index (χ1) is 14.7. The molecule has 1 amide bonds. The predicted molar refractivity (Wildman–Crippen MR) is 107 cm³/mol. The van der Waals surface area contributed by atoms with Crippen LogP contribution in [0.25, 0.3) is 0 Å². The van der Waals surface area contributed by atoms with Gasteiger partial charge in [0.25, 0.3) is 0 Å². The Bertz CT molecular complexity index is 972. The molecule has 0 spiro atoms. The Morgan fingerprint density at radius 2 is 1.87 bits per heavy atom. The Kier molecular flexibility index (Phi) is 7.39. The van der Waals surface area contributed by atoms with Crippen LogP contribution in [-0.2, 0) is 21.0 Å². The number of halogens is 3. The third-order valence-corrected chi connectivity index (χ3v) is 6.49. The molecular formula is C20H24F3N3O4S. The monoisotopic (exact) mass is 459 g/mol. The molecule has 11 heteroatoms. The van der Waals surface area contributed by atoms with E-state index in [9.17, 15) is 26.4 Å². The minimum absolute atomic E-state index is 0.181. The lowest BCUT2D eigenvalue weighted by atomic mass is 10.1. The van der Waals surface area contributed by atoms with Crippen LogP contribution in [0.3, 0.4) is 0 Å². The van der Waals surface area contributed by atoms with Gasteiger partial charge in [-0.05, 0) is 56.3 Å². The number of hydrogen-bond donors (Lipinski definition) is 2. The summed E-state index contributed by atoms with van der Waals surface area (Å²) in [5.74, 6) is 0.107. The zero-order valence-electron chi connectivity index (χ0n) is 16.7. The number of piperidine rings is 1. The van der Waals surface area contributed by atoms with Gasteiger partial charge in [-0.25, -0.2) is 13.1 Å². The molecule has 170 valence electrons. The number of benzene rings is 1. The molecule has 1 aliphatic rings. The lowest BCUT2D eigenvalue weighted by Crippen LogP contribution is -2.43. The summed E-state index contributed by atoms with van der Waals surface area (Å²) in [6, 6.07) is 6.76. The lowest BCUT2D eigenvalue weighted by molar-refractivity contribution is -0.137. The largest absolute Gasteiger partial charge is 0.468 e. The summed E-state index contributed by atoms with van der Waals surface area (Å²) < 4.78 is 70.6. The fourth-order valence-electron chi connectivity index (χ4n) is 3.48. The molecule has 1 unspecified atom stereocenters. The Hall–Kier alpha value is -2.37. The molecule has 2 aromatic rings. The van der Waals surface area contributed by atoms with Crippen LogP contribution in [0.4, 0.5) is 13.2 Å². The van der Waals surface area contributed by atoms with Crippen LogP contribution in [0.1, 0.15) is 36.6 Å². The Balaban J connectivity index is 1.58. The van der Waals surface area contributed by atoms with E-state index < -0.39 is 39.1 Å². The van der Waals surface area contributed by atoms with Gasteiger partial charge in [0, 0.05) is 6.54 Å². The molecule has 2 N–H and O–H groups in total. The SMILES string of the molecule is O=C(CNS(=O)(=O)c1cccc(C(F)(F)F)c1)NCC(c1ccco1)N1CCCCC1. The molecule has 3 rings (SSSR count). The van der Waals surface area contributed by atoms with Gasteiger partial charge in [0.05, 0.1) is 29.3 Å². The van der Waals surface area contributed by atoms with Crippen molar-refractivity contribution in [2.24, 2.45) is 0 Å². The van der Waals surface area contributed by atoms with Crippen LogP contribution in [0.15, 0.2) is 52.0 Å². The van der Waals surface area contributed by atoms with Gasteiger partial charge < -0.3 is 9.73 Å². The molecule has 0 radical (unpaired) electrons. The number of furan rings is 1. The number of amides is 1. The van der Waals surface area contributed by atoms with E-state index in [1.807, 2.05) is 10.8 Å². The number of nitrogens with one attached hydrogen (secondary N) is 2. The van der Waals surface area contributed by atoms with Gasteiger partial charge in [-0.1, -0.05) is 12.5 Å². The van der Waals surface area contributed by atoms with Crippen molar-refractivity contribution in [2.75, 3.05) is 26.2 Å². The number of carbonyl (C=O) groups is 1. The van der Waals surface area contributed by atoms with Crippen molar-refractivity contribution in [1.82, 2.24) is 14.9 Å². The highest BCUT2D eigenvalue weighted by Crippen LogP contribution is 2.30. The van der Waals surface area contributed by atoms with Gasteiger partial charge >= 0.3 is 6.18 Å². The lowest BCUT2D eigenvalue weighted by Gasteiger charge is -2.33. The standard InChI is InChI=1S/C20H24F3N3O4S/c21-20(22,23)15-6-4-7-16(12-15)31(28,29)25-14-19(27)24-13-17(18-8-5-11-30-18)26-9-2-1-3-10-26/h4-8,11-12,17,25H,1-3,9-10,13-14H2,(H,24,27). The van der Waals surface area contributed by atoms with Crippen molar-refractivity contribution in [3.63, 3.8) is 0 Å². The highest BCUT2D eigenvalue weighted by Gasteiger charge is 2.32. The van der Waals surface area contributed by atoms with Gasteiger partial charge in [-0.2, -0.15) is 13.2 Å². The molecule has 1 aromatic carbocycles. The number of likely N-dealkylation sites (tertiary alicyclic amines) is 1. The topological polar surface area (TPSA) is 91.6 Å². The first kappa shape index (κ1) is 23.3. The van der Waals surface area contributed by atoms with Gasteiger partial charge in [0.15, 0.2) is 0 Å². The van der Waals surface area contributed by atoms with Gasteiger partial charge in [-0.3, -0.25) is 9.69 Å². The average molecular weight is 459 g/mol. The molecule has 0 saturated carbocycles. The molecule has 1 fully saturated rings. The molecule has 1 saturated heterocycles. The molecule has 0 aliphatic carbocycles. The maximum absolute atomic E-state index is 12.8. The van der Waals surface area contributed by atoms with Crippen molar-refractivity contribution in [1.29, 1.82) is 0 Å². The zero-order valence-corrected chi connectivity index (χ0v) is 17.5. The third-order valence-electron chi connectivity index (χ3n) is 5.09. The van der Waals surface area contributed by atoms with E-state index in [0.717, 1.165) is 50.6 Å². The third kappa shape index (κ3) is 6.31. The summed E-state index contributed by atoms with van der Waals surface area (Å²) >= 11 is 0. The number of hydrogen-bond acceptors (Lipinski definition) is 5. The Labute approximate surface area is 178 Å². The van der Waals surface area contributed by atoms with E-state index in [2.05, 4.69) is 10.2 Å². The number of rotatable bonds is 8. The maximum Gasteiger partial charge on any atom is 0.416 e. The fourth-order valence-corrected chi connectivity index (χ4v) is 4.50. The van der Waals surface area contributed by atoms with Crippen LogP contribution < -0.4 is 10.0 Å². The number of sulfonamides is 1. The summed E-state index contributed by atoms with van der Waals surface area (Å²) in [4.78, 5) is 13.9. The second-order valence-corrected chi connectivity index (χ2v) is 9.05. The van der Waals surface area contributed by atoms with Gasteiger partial charge in [-0.15, -0.1) is 0 Å². The molecule has 1 atom stereocenters. The zero-order chi connectivity index (χ0) is 22.5. The first-order valence-electron chi connectivity index (χ1n) is 9.88. The van der Waals surface area contributed by atoms with E-state index >= 15 is 0 Å². The normalized spacial score (nSPS) is 16.7. The van der Waals surface area contributed by atoms with E-state index in [1.54, 1.807) is 12.3 Å². The second kappa shape index (κ2) is 9.84. The van der Waals surface area contributed by atoms with Crippen molar-refractivity contribution in [3.05, 3.63) is 54.0 Å². The van der Waals surface area contributed by atoms with Gasteiger partial charge in [0.2, 0.25) is 15.9 Å². The Morgan fingerprint density at radius 3 is 2.52 bits per heavy atom. The fraction of sp³-hybridized carbons (Fsp3) is 0.450. The number of alkyl halides is 3. The van der Waals surface area contributed by atoms with Crippen LogP contribution in [0.2, 0.25) is 0 Å². The summed E-state index contributed by atoms with van der Waals surface area (Å²) in [6.45, 7) is 1.36. The highest BCUT2D eigenvalue weighted by atomic mass is 32.2. The van der Waals surface area contributed by atoms with Crippen molar-refractivity contribution < 1.29 is 30.8 Å². The molecule has 1 aromatic heterocycles. The van der Waals surface area contributed by atoms with Gasteiger partial charge in [0.1, 0.15) is 5.76 Å². The van der Waals surface area contributed by atoms with E-state index in [0.29, 0.717) is 11.8 Å². The van der Waals surface area contributed by atoms with Crippen LogP contribution >= 0.6 is 0 Å². The summed E-state index contributed by atoms with van der Waals surface area (Å²) in [7, 11) is -4.28. The van der Waals surface area contributed by atoms with E-state index in [4.69, 9.17) is 4.42 Å². The molecule has 2 heterocycles. The quantitative estimate of drug-likeness (QED) is 0.634. The smallest absolute Gasteiger partial charge is 0.416 e. The maximum atomic E-state index is 12.8. The molecule has 31 heavy (non-hydrogen) atoms. The van der Waals surface area contributed by atoms with Crippen molar-refractivity contribution in [3.8, 4) is 0 Å². The molecule has 0 bridgehead atoms. The number of carbonyl (C=O) groups excluding carboxylic acids is 1. The minimum atomic E-state index is -4.67. The summed E-state index contributed by atoms with van der Waals surface area (Å²) in [6.07, 6.45) is 0.116. The van der Waals surface area contributed by atoms with E-state index in [1.165, 1.54) is 0 Å². The average Bonchev–Trinajstić information content (AvgIpc) is 3.27. The Morgan fingerprint density at radius 1 is 1.13 bits per heavy atom. The predicted octanol–water partition coefficient (Wildman–Crippen LogP) is 2.92. The summed E-state index contributed by atoms with van der Waals surface area (Å²) in [5.41, 5.74) is -1.08. The molecule has 7 nitrogen and oxygen atoms in total. The van der Waals surface area contributed by atoms with Crippen molar-refractivity contribution >= 4 is 15.9 Å². The molecule has 1 aliphatic heterocycles. The molecular weight excluding hydrogens is 435 g/mol. The van der Waals surface area contributed by atoms with Crippen LogP contribution in [0.5, 0.6) is 0 Å². The summed E-state index contributed by atoms with van der Waals surface area (Å²) in [5, 5.41) is 2.68. The highest BCUT2D eigenvalue weighted by molar-refractivity contribution is 7.89. The first-order valence-corrected chi connectivity index (χ1v) is 11.4. The number of nitrogens with zero attached hydrogens (tertiary/aromatic N) is 1. The minimum Gasteiger partial charge on any atom is -0.468 e. The second-order valence-electron chi connectivity index (χ2n) is 7.28.